The van der Waals surface area contributed by atoms with E-state index in [9.17, 15) is 14.9 Å². The molecule has 2 aromatic heterocycles. The standard InChI is InChI=1S/C9H6ClN5O3S2/c1-19-8-11-2-4(10)6(13-8)7(16)14-9-12-3-5(20-9)15(17)18/h2-3H,1H3,(H,12,14,16). The van der Waals surface area contributed by atoms with Gasteiger partial charge in [-0.3, -0.25) is 20.2 Å². The molecule has 1 N–H and O–H groups in total. The van der Waals surface area contributed by atoms with Gasteiger partial charge in [-0.05, 0) is 17.6 Å². The number of aromatic nitrogens is 3. The predicted octanol–water partition coefficient (Wildman–Crippen LogP) is 2.47. The van der Waals surface area contributed by atoms with Gasteiger partial charge in [0.15, 0.2) is 16.0 Å². The minimum absolute atomic E-state index is 0.0103. The van der Waals surface area contributed by atoms with Crippen LogP contribution in [0.1, 0.15) is 10.5 Å². The van der Waals surface area contributed by atoms with Crippen molar-refractivity contribution < 1.29 is 9.72 Å². The molecule has 2 heterocycles. The van der Waals surface area contributed by atoms with Crippen LogP contribution in [0.5, 0.6) is 0 Å². The Morgan fingerprint density at radius 1 is 1.50 bits per heavy atom. The van der Waals surface area contributed by atoms with Gasteiger partial charge < -0.3 is 0 Å². The number of thiazole rings is 1. The van der Waals surface area contributed by atoms with Crippen LogP contribution in [0.4, 0.5) is 10.1 Å². The van der Waals surface area contributed by atoms with E-state index in [2.05, 4.69) is 20.3 Å². The normalized spacial score (nSPS) is 10.3. The zero-order valence-electron chi connectivity index (χ0n) is 9.86. The summed E-state index contributed by atoms with van der Waals surface area (Å²) < 4.78 is 0. The molecule has 0 aliphatic carbocycles. The van der Waals surface area contributed by atoms with Crippen LogP contribution in [0, 0.1) is 10.1 Å². The maximum atomic E-state index is 12.0. The molecular formula is C9H6ClN5O3S2. The molecule has 2 aromatic rings. The summed E-state index contributed by atoms with van der Waals surface area (Å²) in [5.74, 6) is -0.600. The number of anilines is 1. The third kappa shape index (κ3) is 3.21. The first-order valence-corrected chi connectivity index (χ1v) is 7.41. The number of hydrogen-bond acceptors (Lipinski definition) is 8. The molecule has 0 radical (unpaired) electrons. The Morgan fingerprint density at radius 2 is 2.25 bits per heavy atom. The van der Waals surface area contributed by atoms with Crippen molar-refractivity contribution in [1.82, 2.24) is 15.0 Å². The van der Waals surface area contributed by atoms with E-state index >= 15 is 0 Å². The molecular weight excluding hydrogens is 326 g/mol. The summed E-state index contributed by atoms with van der Waals surface area (Å²) in [4.78, 5) is 33.5. The maximum Gasteiger partial charge on any atom is 0.345 e. The average molecular weight is 332 g/mol. The molecule has 0 atom stereocenters. The highest BCUT2D eigenvalue weighted by molar-refractivity contribution is 7.98. The van der Waals surface area contributed by atoms with Crippen molar-refractivity contribution >= 4 is 50.7 Å². The molecule has 0 spiro atoms. The molecule has 0 aliphatic heterocycles. The molecule has 11 heteroatoms. The highest BCUT2D eigenvalue weighted by Crippen LogP contribution is 2.26. The van der Waals surface area contributed by atoms with Crippen LogP contribution in [0.15, 0.2) is 17.6 Å². The van der Waals surface area contributed by atoms with E-state index in [1.165, 1.54) is 18.0 Å². The molecule has 0 fully saturated rings. The van der Waals surface area contributed by atoms with Gasteiger partial charge in [-0.2, -0.15) is 0 Å². The minimum atomic E-state index is -0.600. The van der Waals surface area contributed by atoms with Gasteiger partial charge in [0.05, 0.1) is 16.1 Å². The lowest BCUT2D eigenvalue weighted by molar-refractivity contribution is -0.380. The molecule has 1 amide bonds. The van der Waals surface area contributed by atoms with Crippen molar-refractivity contribution in [3.8, 4) is 0 Å². The van der Waals surface area contributed by atoms with Crippen LogP contribution in [0.25, 0.3) is 0 Å². The molecule has 8 nitrogen and oxygen atoms in total. The lowest BCUT2D eigenvalue weighted by Gasteiger charge is -2.03. The maximum absolute atomic E-state index is 12.0. The molecule has 0 unspecified atom stereocenters. The molecule has 104 valence electrons. The Balaban J connectivity index is 2.21. The Labute approximate surface area is 125 Å². The monoisotopic (exact) mass is 331 g/mol. The van der Waals surface area contributed by atoms with E-state index in [-0.39, 0.29) is 20.8 Å². The molecule has 0 bridgehead atoms. The first-order chi connectivity index (χ1) is 9.51. The van der Waals surface area contributed by atoms with Gasteiger partial charge >= 0.3 is 5.00 Å². The summed E-state index contributed by atoms with van der Waals surface area (Å²) in [5.41, 5.74) is -0.0103. The Hall–Kier alpha value is -1.78. The second kappa shape index (κ2) is 6.11. The van der Waals surface area contributed by atoms with Crippen LogP contribution in [-0.2, 0) is 0 Å². The number of amides is 1. The predicted molar refractivity (Wildman–Crippen MR) is 75.5 cm³/mol. The van der Waals surface area contributed by atoms with E-state index in [1.54, 1.807) is 6.26 Å². The van der Waals surface area contributed by atoms with E-state index in [0.717, 1.165) is 17.5 Å². The third-order valence-corrected chi connectivity index (χ3v) is 3.72. The molecule has 0 saturated carbocycles. The number of nitrogens with zero attached hydrogens (tertiary/aromatic N) is 4. The van der Waals surface area contributed by atoms with Crippen molar-refractivity contribution in [1.29, 1.82) is 0 Å². The number of nitrogens with one attached hydrogen (secondary N) is 1. The summed E-state index contributed by atoms with van der Waals surface area (Å²) in [7, 11) is 0. The van der Waals surface area contributed by atoms with E-state index < -0.39 is 10.8 Å². The number of carbonyl (C=O) groups is 1. The number of carbonyl (C=O) groups excluding carboxylic acids is 1. The number of hydrogen-bond donors (Lipinski definition) is 1. The highest BCUT2D eigenvalue weighted by atomic mass is 35.5. The van der Waals surface area contributed by atoms with Crippen LogP contribution in [0.2, 0.25) is 5.02 Å². The zero-order chi connectivity index (χ0) is 14.7. The summed E-state index contributed by atoms with van der Waals surface area (Å²) in [6.07, 6.45) is 4.14. The summed E-state index contributed by atoms with van der Waals surface area (Å²) in [5, 5.41) is 13.3. The summed E-state index contributed by atoms with van der Waals surface area (Å²) >= 11 is 7.86. The summed E-state index contributed by atoms with van der Waals surface area (Å²) in [6, 6.07) is 0. The van der Waals surface area contributed by atoms with Crippen LogP contribution < -0.4 is 5.32 Å². The second-order valence-corrected chi connectivity index (χ2v) is 5.46. The zero-order valence-corrected chi connectivity index (χ0v) is 12.3. The third-order valence-electron chi connectivity index (χ3n) is 2.01. The van der Waals surface area contributed by atoms with Crippen LogP contribution in [0.3, 0.4) is 0 Å². The van der Waals surface area contributed by atoms with Crippen molar-refractivity contribution in [2.75, 3.05) is 11.6 Å². The number of nitro groups is 1. The van der Waals surface area contributed by atoms with E-state index in [1.807, 2.05) is 0 Å². The largest absolute Gasteiger partial charge is 0.345 e. The lowest BCUT2D eigenvalue weighted by Crippen LogP contribution is -2.14. The van der Waals surface area contributed by atoms with E-state index in [0.29, 0.717) is 5.16 Å². The van der Waals surface area contributed by atoms with Gasteiger partial charge in [0, 0.05) is 0 Å². The molecule has 2 rings (SSSR count). The van der Waals surface area contributed by atoms with Crippen molar-refractivity contribution in [2.24, 2.45) is 0 Å². The quantitative estimate of drug-likeness (QED) is 0.396. The minimum Gasteiger partial charge on any atom is -0.296 e. The Morgan fingerprint density at radius 3 is 2.85 bits per heavy atom. The fraction of sp³-hybridized carbons (Fsp3) is 0.111. The number of rotatable bonds is 4. The number of halogens is 1. The first-order valence-electron chi connectivity index (χ1n) is 4.99. The molecule has 20 heavy (non-hydrogen) atoms. The first kappa shape index (κ1) is 14.6. The smallest absolute Gasteiger partial charge is 0.296 e. The van der Waals surface area contributed by atoms with Gasteiger partial charge in [-0.1, -0.05) is 23.4 Å². The van der Waals surface area contributed by atoms with Crippen LogP contribution in [-0.4, -0.2) is 32.0 Å². The molecule has 0 aliphatic rings. The van der Waals surface area contributed by atoms with Crippen molar-refractivity contribution in [2.45, 2.75) is 5.16 Å². The SMILES string of the molecule is CSc1ncc(Cl)c(C(=O)Nc2ncc([N+](=O)[O-])s2)n1. The van der Waals surface area contributed by atoms with Gasteiger partial charge in [0.25, 0.3) is 5.91 Å². The molecule has 0 aromatic carbocycles. The molecule has 0 saturated heterocycles. The average Bonchev–Trinajstić information content (AvgIpc) is 2.88. The Kier molecular flexibility index (Phi) is 4.47. The number of thioether (sulfide) groups is 1. The van der Waals surface area contributed by atoms with Gasteiger partial charge in [0.1, 0.15) is 6.20 Å². The topological polar surface area (TPSA) is 111 Å². The van der Waals surface area contributed by atoms with Crippen molar-refractivity contribution in [3.63, 3.8) is 0 Å². The van der Waals surface area contributed by atoms with Crippen LogP contribution >= 0.6 is 34.7 Å². The highest BCUT2D eigenvalue weighted by Gasteiger charge is 2.18. The van der Waals surface area contributed by atoms with Gasteiger partial charge in [-0.25, -0.2) is 15.0 Å². The second-order valence-electron chi connectivity index (χ2n) is 3.27. The lowest BCUT2D eigenvalue weighted by atomic mass is 10.4. The fourth-order valence-electron chi connectivity index (χ4n) is 1.17. The Bertz CT molecular complexity index is 677. The van der Waals surface area contributed by atoms with Gasteiger partial charge in [-0.15, -0.1) is 0 Å². The summed E-state index contributed by atoms with van der Waals surface area (Å²) in [6.45, 7) is 0. The van der Waals surface area contributed by atoms with Crippen molar-refractivity contribution in [3.05, 3.63) is 33.2 Å². The fourth-order valence-corrected chi connectivity index (χ4v) is 2.32. The van der Waals surface area contributed by atoms with Gasteiger partial charge in [0.2, 0.25) is 0 Å². The van der Waals surface area contributed by atoms with E-state index in [4.69, 9.17) is 11.6 Å².